The molecule has 2 heteroatoms. The van der Waals surface area contributed by atoms with Crippen molar-refractivity contribution in [3.05, 3.63) is 29.8 Å². The molecule has 1 atom stereocenters. The normalized spacial score (nSPS) is 12.8. The van der Waals surface area contributed by atoms with Crippen molar-refractivity contribution in [2.24, 2.45) is 0 Å². The summed E-state index contributed by atoms with van der Waals surface area (Å²) in [5.74, 6) is 0.825. The van der Waals surface area contributed by atoms with Crippen LogP contribution in [0.4, 0.5) is 0 Å². The predicted molar refractivity (Wildman–Crippen MR) is 66.7 cm³/mol. The van der Waals surface area contributed by atoms with Crippen LogP contribution in [0, 0.1) is 0 Å². The fraction of sp³-hybridized carbons (Fsp3) is 0.571. The maximum absolute atomic E-state index is 9.89. The molecule has 0 radical (unpaired) electrons. The third kappa shape index (κ3) is 3.24. The molecule has 0 saturated carbocycles. The SMILES string of the molecule is CCC(CC)Oc1ccccc1[C@@H](O)CC. The van der Waals surface area contributed by atoms with E-state index in [0.717, 1.165) is 24.2 Å². The number of rotatable bonds is 6. The Balaban J connectivity index is 2.86. The van der Waals surface area contributed by atoms with Gasteiger partial charge < -0.3 is 9.84 Å². The van der Waals surface area contributed by atoms with Gasteiger partial charge in [-0.3, -0.25) is 0 Å². The Morgan fingerprint density at radius 1 is 1.06 bits per heavy atom. The highest BCUT2D eigenvalue weighted by atomic mass is 16.5. The van der Waals surface area contributed by atoms with Crippen LogP contribution in [0.15, 0.2) is 24.3 Å². The van der Waals surface area contributed by atoms with Gasteiger partial charge in [-0.25, -0.2) is 0 Å². The van der Waals surface area contributed by atoms with Crippen molar-refractivity contribution in [2.75, 3.05) is 0 Å². The van der Waals surface area contributed by atoms with Crippen LogP contribution < -0.4 is 4.74 Å². The fourth-order valence-corrected chi connectivity index (χ4v) is 1.72. The summed E-state index contributed by atoms with van der Waals surface area (Å²) in [4.78, 5) is 0. The first kappa shape index (κ1) is 13.0. The summed E-state index contributed by atoms with van der Waals surface area (Å²) in [5.41, 5.74) is 0.900. The molecule has 0 aliphatic heterocycles. The van der Waals surface area contributed by atoms with Crippen molar-refractivity contribution in [3.63, 3.8) is 0 Å². The Morgan fingerprint density at radius 2 is 1.69 bits per heavy atom. The molecule has 0 bridgehead atoms. The molecule has 1 N–H and O–H groups in total. The second kappa shape index (κ2) is 6.54. The van der Waals surface area contributed by atoms with E-state index in [1.54, 1.807) is 0 Å². The molecular weight excluding hydrogens is 200 g/mol. The zero-order chi connectivity index (χ0) is 12.0. The highest BCUT2D eigenvalue weighted by Crippen LogP contribution is 2.28. The smallest absolute Gasteiger partial charge is 0.125 e. The second-order valence-electron chi connectivity index (χ2n) is 4.02. The Hall–Kier alpha value is -1.02. The van der Waals surface area contributed by atoms with E-state index in [4.69, 9.17) is 4.74 Å². The van der Waals surface area contributed by atoms with Crippen LogP contribution in [0.1, 0.15) is 51.7 Å². The van der Waals surface area contributed by atoms with Crippen molar-refractivity contribution in [1.82, 2.24) is 0 Å². The summed E-state index contributed by atoms with van der Waals surface area (Å²) in [6.45, 7) is 6.21. The molecule has 0 spiro atoms. The molecule has 0 aromatic heterocycles. The number of aliphatic hydroxyl groups is 1. The fourth-order valence-electron chi connectivity index (χ4n) is 1.72. The van der Waals surface area contributed by atoms with Gasteiger partial charge in [0.25, 0.3) is 0 Å². The summed E-state index contributed by atoms with van der Waals surface area (Å²) < 4.78 is 5.91. The van der Waals surface area contributed by atoms with Crippen molar-refractivity contribution in [2.45, 2.75) is 52.2 Å². The van der Waals surface area contributed by atoms with E-state index < -0.39 is 6.10 Å². The van der Waals surface area contributed by atoms with E-state index in [9.17, 15) is 5.11 Å². The molecule has 0 amide bonds. The Morgan fingerprint density at radius 3 is 2.25 bits per heavy atom. The molecule has 2 nitrogen and oxygen atoms in total. The lowest BCUT2D eigenvalue weighted by atomic mass is 10.1. The first-order valence-electron chi connectivity index (χ1n) is 6.16. The molecule has 0 saturated heterocycles. The summed E-state index contributed by atoms with van der Waals surface area (Å²) in [6, 6.07) is 7.76. The number of hydrogen-bond donors (Lipinski definition) is 1. The van der Waals surface area contributed by atoms with Gasteiger partial charge in [-0.1, -0.05) is 39.0 Å². The topological polar surface area (TPSA) is 29.5 Å². The molecular formula is C14H22O2. The van der Waals surface area contributed by atoms with Crippen LogP contribution in [0.25, 0.3) is 0 Å². The largest absolute Gasteiger partial charge is 0.490 e. The van der Waals surface area contributed by atoms with Crippen molar-refractivity contribution in [1.29, 1.82) is 0 Å². The summed E-state index contributed by atoms with van der Waals surface area (Å²) in [5, 5.41) is 9.89. The Kier molecular flexibility index (Phi) is 5.33. The van der Waals surface area contributed by atoms with E-state index in [2.05, 4.69) is 13.8 Å². The van der Waals surface area contributed by atoms with E-state index in [1.165, 1.54) is 0 Å². The van der Waals surface area contributed by atoms with E-state index >= 15 is 0 Å². The molecule has 0 heterocycles. The lowest BCUT2D eigenvalue weighted by molar-refractivity contribution is 0.152. The van der Waals surface area contributed by atoms with Gasteiger partial charge in [0.1, 0.15) is 5.75 Å². The molecule has 1 rings (SSSR count). The van der Waals surface area contributed by atoms with E-state index in [1.807, 2.05) is 31.2 Å². The molecule has 0 aliphatic rings. The van der Waals surface area contributed by atoms with Crippen LogP contribution in [0.5, 0.6) is 5.75 Å². The van der Waals surface area contributed by atoms with Crippen LogP contribution in [-0.2, 0) is 0 Å². The average molecular weight is 222 g/mol. The number of para-hydroxylation sites is 1. The van der Waals surface area contributed by atoms with Crippen molar-refractivity contribution in [3.8, 4) is 5.75 Å². The van der Waals surface area contributed by atoms with Gasteiger partial charge in [-0.15, -0.1) is 0 Å². The van der Waals surface area contributed by atoms with Crippen molar-refractivity contribution >= 4 is 0 Å². The standard InChI is InChI=1S/C14H22O2/c1-4-11(5-2)16-14-10-8-7-9-12(14)13(15)6-3/h7-11,13,15H,4-6H2,1-3H3/t13-/m0/s1. The summed E-state index contributed by atoms with van der Waals surface area (Å²) >= 11 is 0. The Bertz CT molecular complexity index is 305. The molecule has 0 aliphatic carbocycles. The predicted octanol–water partition coefficient (Wildman–Crippen LogP) is 3.70. The van der Waals surface area contributed by atoms with Crippen LogP contribution in [0.3, 0.4) is 0 Å². The minimum atomic E-state index is -0.425. The van der Waals surface area contributed by atoms with Crippen LogP contribution >= 0.6 is 0 Å². The van der Waals surface area contributed by atoms with Gasteiger partial charge in [-0.2, -0.15) is 0 Å². The van der Waals surface area contributed by atoms with Gasteiger partial charge in [0.05, 0.1) is 12.2 Å². The monoisotopic (exact) mass is 222 g/mol. The third-order valence-corrected chi connectivity index (χ3v) is 2.87. The Labute approximate surface area is 98.3 Å². The number of benzene rings is 1. The summed E-state index contributed by atoms with van der Waals surface area (Å²) in [6.07, 6.45) is 2.51. The summed E-state index contributed by atoms with van der Waals surface area (Å²) in [7, 11) is 0. The minimum Gasteiger partial charge on any atom is -0.490 e. The average Bonchev–Trinajstić information content (AvgIpc) is 2.35. The number of ether oxygens (including phenoxy) is 1. The number of hydrogen-bond acceptors (Lipinski definition) is 2. The second-order valence-corrected chi connectivity index (χ2v) is 4.02. The maximum atomic E-state index is 9.89. The lowest BCUT2D eigenvalue weighted by Crippen LogP contribution is -2.15. The van der Waals surface area contributed by atoms with Gasteiger partial charge in [0.2, 0.25) is 0 Å². The molecule has 0 unspecified atom stereocenters. The number of aliphatic hydroxyl groups excluding tert-OH is 1. The molecule has 90 valence electrons. The zero-order valence-corrected chi connectivity index (χ0v) is 10.4. The van der Waals surface area contributed by atoms with E-state index in [0.29, 0.717) is 6.42 Å². The van der Waals surface area contributed by atoms with Crippen LogP contribution in [0.2, 0.25) is 0 Å². The zero-order valence-electron chi connectivity index (χ0n) is 10.4. The van der Waals surface area contributed by atoms with E-state index in [-0.39, 0.29) is 6.10 Å². The van der Waals surface area contributed by atoms with Gasteiger partial charge in [0.15, 0.2) is 0 Å². The van der Waals surface area contributed by atoms with Gasteiger partial charge in [-0.05, 0) is 25.3 Å². The molecule has 0 fully saturated rings. The van der Waals surface area contributed by atoms with Gasteiger partial charge >= 0.3 is 0 Å². The molecule has 16 heavy (non-hydrogen) atoms. The van der Waals surface area contributed by atoms with Crippen LogP contribution in [-0.4, -0.2) is 11.2 Å². The highest BCUT2D eigenvalue weighted by Gasteiger charge is 2.13. The maximum Gasteiger partial charge on any atom is 0.125 e. The lowest BCUT2D eigenvalue weighted by Gasteiger charge is -2.20. The third-order valence-electron chi connectivity index (χ3n) is 2.87. The highest BCUT2D eigenvalue weighted by molar-refractivity contribution is 5.35. The van der Waals surface area contributed by atoms with Crippen molar-refractivity contribution < 1.29 is 9.84 Å². The van der Waals surface area contributed by atoms with Gasteiger partial charge in [0, 0.05) is 5.56 Å². The molecule has 1 aromatic carbocycles. The molecule has 1 aromatic rings. The first-order valence-corrected chi connectivity index (χ1v) is 6.16. The first-order chi connectivity index (χ1) is 7.72. The quantitative estimate of drug-likeness (QED) is 0.795. The minimum absolute atomic E-state index is 0.241.